The maximum absolute atomic E-state index is 13.2. The third-order valence-electron chi connectivity index (χ3n) is 3.49. The summed E-state index contributed by atoms with van der Waals surface area (Å²) in [4.78, 5) is 16.2. The number of amides is 1. The van der Waals surface area contributed by atoms with Gasteiger partial charge in [0.05, 0.1) is 16.2 Å². The molecular weight excluding hydrogens is 325 g/mol. The molecule has 0 unspecified atom stereocenters. The van der Waals surface area contributed by atoms with Gasteiger partial charge < -0.3 is 5.32 Å². The van der Waals surface area contributed by atoms with Gasteiger partial charge in [0.25, 0.3) is 5.91 Å². The zero-order valence-electron chi connectivity index (χ0n) is 12.8. The van der Waals surface area contributed by atoms with E-state index in [0.717, 1.165) is 35.2 Å². The highest BCUT2D eigenvalue weighted by atomic mass is 32.2. The van der Waals surface area contributed by atoms with Gasteiger partial charge in [-0.15, -0.1) is 11.8 Å². The monoisotopic (exact) mass is 340 g/mol. The lowest BCUT2D eigenvalue weighted by atomic mass is 10.1. The molecule has 122 valence electrons. The lowest BCUT2D eigenvalue weighted by Crippen LogP contribution is -2.20. The van der Waals surface area contributed by atoms with Crippen LogP contribution in [0.5, 0.6) is 0 Å². The minimum Gasteiger partial charge on any atom is -0.322 e. The van der Waals surface area contributed by atoms with E-state index in [2.05, 4.69) is 10.3 Å². The molecule has 2 aromatic rings. The van der Waals surface area contributed by atoms with Crippen molar-refractivity contribution in [2.45, 2.75) is 25.0 Å². The Morgan fingerprint density at radius 3 is 2.57 bits per heavy atom. The molecule has 0 spiro atoms. The van der Waals surface area contributed by atoms with Crippen molar-refractivity contribution in [1.29, 1.82) is 0 Å². The Labute approximate surface area is 136 Å². The lowest BCUT2D eigenvalue weighted by Gasteiger charge is -2.15. The quantitative estimate of drug-likeness (QED) is 0.824. The zero-order chi connectivity index (χ0) is 17.2. The van der Waals surface area contributed by atoms with Crippen LogP contribution in [-0.4, -0.2) is 17.1 Å². The van der Waals surface area contributed by atoms with Gasteiger partial charge in [0.15, 0.2) is 0 Å². The van der Waals surface area contributed by atoms with E-state index in [1.54, 1.807) is 25.3 Å². The highest BCUT2D eigenvalue weighted by Crippen LogP contribution is 2.34. The summed E-state index contributed by atoms with van der Waals surface area (Å²) in [5.74, 6) is -0.828. The fourth-order valence-electron chi connectivity index (χ4n) is 2.04. The topological polar surface area (TPSA) is 42.0 Å². The van der Waals surface area contributed by atoms with Gasteiger partial charge in [0, 0.05) is 11.9 Å². The number of rotatable bonds is 3. The summed E-state index contributed by atoms with van der Waals surface area (Å²) >= 11 is 1.09. The number of aryl methyl sites for hydroxylation is 1. The minimum absolute atomic E-state index is 0.209. The first-order chi connectivity index (χ1) is 10.7. The van der Waals surface area contributed by atoms with E-state index in [9.17, 15) is 18.0 Å². The van der Waals surface area contributed by atoms with Crippen molar-refractivity contribution >= 4 is 23.4 Å². The van der Waals surface area contributed by atoms with Crippen LogP contribution in [0, 0.1) is 13.8 Å². The number of alkyl halides is 3. The molecule has 2 rings (SSSR count). The highest BCUT2D eigenvalue weighted by Gasteiger charge is 2.36. The van der Waals surface area contributed by atoms with E-state index in [1.165, 1.54) is 0 Å². The molecule has 0 aliphatic rings. The number of nitrogens with zero attached hydrogens (tertiary/aromatic N) is 1. The van der Waals surface area contributed by atoms with Gasteiger partial charge in [0.2, 0.25) is 0 Å². The third kappa shape index (κ3) is 3.85. The molecule has 0 aliphatic heterocycles. The number of aromatic nitrogens is 1. The number of carbonyl (C=O) groups is 1. The maximum atomic E-state index is 13.2. The van der Waals surface area contributed by atoms with Crippen molar-refractivity contribution in [2.24, 2.45) is 0 Å². The van der Waals surface area contributed by atoms with Crippen LogP contribution >= 0.6 is 11.8 Å². The first-order valence-electron chi connectivity index (χ1n) is 6.73. The summed E-state index contributed by atoms with van der Waals surface area (Å²) in [6.45, 7) is 3.66. The third-order valence-corrected chi connectivity index (χ3v) is 4.13. The van der Waals surface area contributed by atoms with Crippen LogP contribution in [0.4, 0.5) is 18.9 Å². The van der Waals surface area contributed by atoms with Crippen LogP contribution in [0.2, 0.25) is 0 Å². The Hall–Kier alpha value is -2.02. The molecule has 1 aromatic heterocycles. The number of pyridine rings is 1. The molecule has 1 amide bonds. The van der Waals surface area contributed by atoms with Gasteiger partial charge >= 0.3 is 6.18 Å². The molecule has 0 bridgehead atoms. The normalized spacial score (nSPS) is 11.4. The highest BCUT2D eigenvalue weighted by molar-refractivity contribution is 7.98. The number of thioether (sulfide) groups is 1. The molecule has 0 saturated carbocycles. The predicted molar refractivity (Wildman–Crippen MR) is 84.9 cm³/mol. The molecule has 1 N–H and O–H groups in total. The van der Waals surface area contributed by atoms with Gasteiger partial charge in [0.1, 0.15) is 0 Å². The first kappa shape index (κ1) is 17.3. The van der Waals surface area contributed by atoms with Crippen LogP contribution in [-0.2, 0) is 6.18 Å². The van der Waals surface area contributed by atoms with E-state index in [0.29, 0.717) is 5.69 Å². The Balaban J connectivity index is 2.41. The Morgan fingerprint density at radius 2 is 1.96 bits per heavy atom. The molecule has 7 heteroatoms. The summed E-state index contributed by atoms with van der Waals surface area (Å²) in [5.41, 5.74) is 0.755. The average molecular weight is 340 g/mol. The maximum Gasteiger partial charge on any atom is 0.417 e. The fourth-order valence-corrected chi connectivity index (χ4v) is 2.43. The van der Waals surface area contributed by atoms with Crippen molar-refractivity contribution in [3.8, 4) is 0 Å². The van der Waals surface area contributed by atoms with Crippen molar-refractivity contribution in [2.75, 3.05) is 11.6 Å². The average Bonchev–Trinajstić information content (AvgIpc) is 2.50. The summed E-state index contributed by atoms with van der Waals surface area (Å²) in [6, 6.07) is 6.14. The number of anilines is 1. The SMILES string of the molecule is CSc1cc(C(F)(F)F)c(C(=O)Nc2cccc(C)c2C)cn1. The van der Waals surface area contributed by atoms with Crippen LogP contribution in [0.15, 0.2) is 35.5 Å². The molecule has 0 atom stereocenters. The summed E-state index contributed by atoms with van der Waals surface area (Å²) in [7, 11) is 0. The minimum atomic E-state index is -4.62. The van der Waals surface area contributed by atoms with Gasteiger partial charge in [-0.3, -0.25) is 4.79 Å². The van der Waals surface area contributed by atoms with Gasteiger partial charge in [-0.05, 0) is 43.4 Å². The number of hydrogen-bond donors (Lipinski definition) is 1. The lowest BCUT2D eigenvalue weighted by molar-refractivity contribution is -0.138. The van der Waals surface area contributed by atoms with E-state index in [-0.39, 0.29) is 5.03 Å². The van der Waals surface area contributed by atoms with Crippen molar-refractivity contribution in [3.63, 3.8) is 0 Å². The Bertz CT molecular complexity index is 745. The number of halogens is 3. The number of nitrogens with one attached hydrogen (secondary N) is 1. The predicted octanol–water partition coefficient (Wildman–Crippen LogP) is 4.69. The Kier molecular flexibility index (Phi) is 4.99. The van der Waals surface area contributed by atoms with Crippen LogP contribution in [0.3, 0.4) is 0 Å². The molecule has 0 saturated heterocycles. The van der Waals surface area contributed by atoms with E-state index in [1.807, 2.05) is 13.0 Å². The second-order valence-electron chi connectivity index (χ2n) is 4.97. The van der Waals surface area contributed by atoms with Crippen LogP contribution in [0.1, 0.15) is 27.0 Å². The number of hydrogen-bond acceptors (Lipinski definition) is 3. The smallest absolute Gasteiger partial charge is 0.322 e. The van der Waals surface area contributed by atoms with Crippen LogP contribution < -0.4 is 5.32 Å². The summed E-state index contributed by atoms with van der Waals surface area (Å²) < 4.78 is 39.6. The fraction of sp³-hybridized carbons (Fsp3) is 0.250. The molecule has 23 heavy (non-hydrogen) atoms. The molecule has 0 aliphatic carbocycles. The van der Waals surface area contributed by atoms with Crippen LogP contribution in [0.25, 0.3) is 0 Å². The van der Waals surface area contributed by atoms with Gasteiger partial charge in [-0.2, -0.15) is 13.2 Å². The summed E-state index contributed by atoms with van der Waals surface area (Å²) in [6.07, 6.45) is -2.03. The molecular formula is C16H15F3N2OS. The second kappa shape index (κ2) is 6.62. The number of benzene rings is 1. The molecule has 1 aromatic carbocycles. The van der Waals surface area contributed by atoms with Crippen molar-refractivity contribution in [3.05, 3.63) is 52.7 Å². The second-order valence-corrected chi connectivity index (χ2v) is 5.80. The standard InChI is InChI=1S/C16H15F3N2OS/c1-9-5-4-6-13(10(9)2)21-15(22)11-8-20-14(23-3)7-12(11)16(17,18)19/h4-8H,1-3H3,(H,21,22). The molecule has 1 heterocycles. The zero-order valence-corrected chi connectivity index (χ0v) is 13.6. The molecule has 0 radical (unpaired) electrons. The van der Waals surface area contributed by atoms with Gasteiger partial charge in [-0.1, -0.05) is 12.1 Å². The largest absolute Gasteiger partial charge is 0.417 e. The van der Waals surface area contributed by atoms with E-state index < -0.39 is 23.2 Å². The number of carbonyl (C=O) groups excluding carboxylic acids is 1. The van der Waals surface area contributed by atoms with E-state index in [4.69, 9.17) is 0 Å². The van der Waals surface area contributed by atoms with Crippen molar-refractivity contribution < 1.29 is 18.0 Å². The Morgan fingerprint density at radius 1 is 1.26 bits per heavy atom. The summed E-state index contributed by atoms with van der Waals surface area (Å²) in [5, 5.41) is 2.74. The van der Waals surface area contributed by atoms with Gasteiger partial charge in [-0.25, -0.2) is 4.98 Å². The van der Waals surface area contributed by atoms with Crippen molar-refractivity contribution in [1.82, 2.24) is 4.98 Å². The molecule has 0 fully saturated rings. The van der Waals surface area contributed by atoms with E-state index >= 15 is 0 Å². The molecule has 3 nitrogen and oxygen atoms in total. The first-order valence-corrected chi connectivity index (χ1v) is 7.95.